The third-order valence-corrected chi connectivity index (χ3v) is 2.77. The Morgan fingerprint density at radius 1 is 1.06 bits per heavy atom. The van der Waals surface area contributed by atoms with Gasteiger partial charge in [0.05, 0.1) is 0 Å². The van der Waals surface area contributed by atoms with Gasteiger partial charge in [0.25, 0.3) is 0 Å². The molecule has 0 radical (unpaired) electrons. The van der Waals surface area contributed by atoms with Gasteiger partial charge in [-0.15, -0.1) is 0 Å². The van der Waals surface area contributed by atoms with E-state index in [1.807, 2.05) is 30.3 Å². The van der Waals surface area contributed by atoms with Crippen molar-refractivity contribution in [1.82, 2.24) is 0 Å². The molecule has 0 aromatic heterocycles. The highest BCUT2D eigenvalue weighted by molar-refractivity contribution is 5.67. The molecule has 0 aliphatic rings. The van der Waals surface area contributed by atoms with Crippen LogP contribution >= 0.6 is 0 Å². The molecule has 2 rings (SSSR count). The summed E-state index contributed by atoms with van der Waals surface area (Å²) in [5.41, 5.74) is 9.25. The first-order valence-corrected chi connectivity index (χ1v) is 5.27. The molecule has 0 aliphatic heterocycles. The van der Waals surface area contributed by atoms with E-state index in [4.69, 9.17) is 5.73 Å². The molecule has 2 aromatic rings. The van der Waals surface area contributed by atoms with Crippen molar-refractivity contribution >= 4 is 0 Å². The van der Waals surface area contributed by atoms with Crippen LogP contribution in [-0.2, 0) is 6.54 Å². The van der Waals surface area contributed by atoms with Crippen LogP contribution in [0.4, 0.5) is 4.39 Å². The standard InChI is InChI=1S/C14H14FN/c1-10-13(3-2-4-14(10)15)12-7-5-11(9-16)6-8-12/h2-8H,9,16H2,1H3. The van der Waals surface area contributed by atoms with Gasteiger partial charge in [-0.3, -0.25) is 0 Å². The molecule has 0 spiro atoms. The second kappa shape index (κ2) is 4.45. The minimum Gasteiger partial charge on any atom is -0.326 e. The molecule has 0 bridgehead atoms. The van der Waals surface area contributed by atoms with Gasteiger partial charge in [0.15, 0.2) is 0 Å². The lowest BCUT2D eigenvalue weighted by atomic mass is 9.99. The van der Waals surface area contributed by atoms with Crippen molar-refractivity contribution in [3.05, 3.63) is 59.4 Å². The van der Waals surface area contributed by atoms with Crippen LogP contribution in [0.1, 0.15) is 11.1 Å². The van der Waals surface area contributed by atoms with Crippen molar-refractivity contribution in [3.63, 3.8) is 0 Å². The summed E-state index contributed by atoms with van der Waals surface area (Å²) in [5, 5.41) is 0. The first-order chi connectivity index (χ1) is 7.72. The summed E-state index contributed by atoms with van der Waals surface area (Å²) in [6, 6.07) is 13.0. The summed E-state index contributed by atoms with van der Waals surface area (Å²) in [6.45, 7) is 2.32. The molecule has 0 amide bonds. The van der Waals surface area contributed by atoms with Crippen molar-refractivity contribution in [3.8, 4) is 11.1 Å². The molecule has 0 aliphatic carbocycles. The number of benzene rings is 2. The molecule has 0 fully saturated rings. The van der Waals surface area contributed by atoms with Crippen LogP contribution in [0.2, 0.25) is 0 Å². The van der Waals surface area contributed by atoms with Crippen molar-refractivity contribution in [2.45, 2.75) is 13.5 Å². The maximum absolute atomic E-state index is 13.4. The molecule has 82 valence electrons. The van der Waals surface area contributed by atoms with Gasteiger partial charge in [-0.2, -0.15) is 0 Å². The van der Waals surface area contributed by atoms with Gasteiger partial charge in [-0.05, 0) is 35.2 Å². The number of hydrogen-bond donors (Lipinski definition) is 1. The summed E-state index contributed by atoms with van der Waals surface area (Å²) in [6.07, 6.45) is 0. The summed E-state index contributed by atoms with van der Waals surface area (Å²) in [7, 11) is 0. The summed E-state index contributed by atoms with van der Waals surface area (Å²) in [5.74, 6) is -0.166. The molecule has 2 aromatic carbocycles. The summed E-state index contributed by atoms with van der Waals surface area (Å²) in [4.78, 5) is 0. The smallest absolute Gasteiger partial charge is 0.126 e. The Bertz CT molecular complexity index is 489. The quantitative estimate of drug-likeness (QED) is 0.817. The first-order valence-electron chi connectivity index (χ1n) is 5.27. The van der Waals surface area contributed by atoms with E-state index < -0.39 is 0 Å². The fourth-order valence-corrected chi connectivity index (χ4v) is 1.74. The summed E-state index contributed by atoms with van der Waals surface area (Å²) < 4.78 is 13.4. The number of halogens is 1. The van der Waals surface area contributed by atoms with Crippen LogP contribution in [0, 0.1) is 12.7 Å². The maximum Gasteiger partial charge on any atom is 0.126 e. The Hall–Kier alpha value is -1.67. The zero-order chi connectivity index (χ0) is 11.5. The lowest BCUT2D eigenvalue weighted by Crippen LogP contribution is -1.95. The van der Waals surface area contributed by atoms with Crippen LogP contribution < -0.4 is 5.73 Å². The number of hydrogen-bond acceptors (Lipinski definition) is 1. The number of nitrogens with two attached hydrogens (primary N) is 1. The highest BCUT2D eigenvalue weighted by Gasteiger charge is 2.05. The molecule has 1 nitrogen and oxygen atoms in total. The van der Waals surface area contributed by atoms with Gasteiger partial charge in [0.1, 0.15) is 5.82 Å². The largest absolute Gasteiger partial charge is 0.326 e. The molecule has 2 heteroatoms. The number of rotatable bonds is 2. The van der Waals surface area contributed by atoms with E-state index in [9.17, 15) is 4.39 Å². The average Bonchev–Trinajstić information content (AvgIpc) is 2.33. The zero-order valence-electron chi connectivity index (χ0n) is 9.20. The molecular formula is C14H14FN. The molecule has 2 N–H and O–H groups in total. The lowest BCUT2D eigenvalue weighted by Gasteiger charge is -2.07. The van der Waals surface area contributed by atoms with Gasteiger partial charge in [-0.1, -0.05) is 36.4 Å². The Labute approximate surface area is 94.7 Å². The fourth-order valence-electron chi connectivity index (χ4n) is 1.74. The molecule has 0 saturated heterocycles. The Morgan fingerprint density at radius 2 is 1.75 bits per heavy atom. The van der Waals surface area contributed by atoms with Crippen LogP contribution in [0.3, 0.4) is 0 Å². The minimum atomic E-state index is -0.166. The predicted molar refractivity (Wildman–Crippen MR) is 64.5 cm³/mol. The third kappa shape index (κ3) is 1.97. The first kappa shape index (κ1) is 10.8. The van der Waals surface area contributed by atoms with E-state index in [1.165, 1.54) is 6.07 Å². The highest BCUT2D eigenvalue weighted by atomic mass is 19.1. The topological polar surface area (TPSA) is 26.0 Å². The van der Waals surface area contributed by atoms with Crippen LogP contribution in [0.25, 0.3) is 11.1 Å². The molecule has 0 heterocycles. The van der Waals surface area contributed by atoms with Crippen molar-refractivity contribution in [2.24, 2.45) is 5.73 Å². The van der Waals surface area contributed by atoms with E-state index in [-0.39, 0.29) is 5.82 Å². The normalized spacial score (nSPS) is 10.4. The minimum absolute atomic E-state index is 0.166. The van der Waals surface area contributed by atoms with Crippen molar-refractivity contribution in [2.75, 3.05) is 0 Å². The van der Waals surface area contributed by atoms with Gasteiger partial charge in [-0.25, -0.2) is 4.39 Å². The van der Waals surface area contributed by atoms with Crippen LogP contribution in [-0.4, -0.2) is 0 Å². The van der Waals surface area contributed by atoms with E-state index in [1.54, 1.807) is 13.0 Å². The van der Waals surface area contributed by atoms with Crippen LogP contribution in [0.5, 0.6) is 0 Å². The van der Waals surface area contributed by atoms with Gasteiger partial charge in [0.2, 0.25) is 0 Å². The molecule has 16 heavy (non-hydrogen) atoms. The zero-order valence-corrected chi connectivity index (χ0v) is 9.20. The second-order valence-electron chi connectivity index (χ2n) is 3.81. The van der Waals surface area contributed by atoms with Crippen molar-refractivity contribution in [1.29, 1.82) is 0 Å². The average molecular weight is 215 g/mol. The molecule has 0 saturated carbocycles. The van der Waals surface area contributed by atoms with Crippen molar-refractivity contribution < 1.29 is 4.39 Å². The van der Waals surface area contributed by atoms with E-state index in [0.29, 0.717) is 12.1 Å². The Balaban J connectivity index is 2.46. The molecule has 0 atom stereocenters. The van der Waals surface area contributed by atoms with Gasteiger partial charge >= 0.3 is 0 Å². The lowest BCUT2D eigenvalue weighted by molar-refractivity contribution is 0.619. The Morgan fingerprint density at radius 3 is 2.38 bits per heavy atom. The maximum atomic E-state index is 13.4. The highest BCUT2D eigenvalue weighted by Crippen LogP contribution is 2.25. The summed E-state index contributed by atoms with van der Waals surface area (Å²) >= 11 is 0. The predicted octanol–water partition coefficient (Wildman–Crippen LogP) is 3.26. The van der Waals surface area contributed by atoms with E-state index in [2.05, 4.69) is 0 Å². The van der Waals surface area contributed by atoms with Gasteiger partial charge in [0, 0.05) is 6.54 Å². The Kier molecular flexibility index (Phi) is 3.02. The van der Waals surface area contributed by atoms with Crippen LogP contribution in [0.15, 0.2) is 42.5 Å². The SMILES string of the molecule is Cc1c(F)cccc1-c1ccc(CN)cc1. The van der Waals surface area contributed by atoms with E-state index in [0.717, 1.165) is 16.7 Å². The molecule has 0 unspecified atom stereocenters. The van der Waals surface area contributed by atoms with Gasteiger partial charge < -0.3 is 5.73 Å². The third-order valence-electron chi connectivity index (χ3n) is 2.77. The second-order valence-corrected chi connectivity index (χ2v) is 3.81. The van der Waals surface area contributed by atoms with E-state index >= 15 is 0 Å². The monoisotopic (exact) mass is 215 g/mol. The fraction of sp³-hybridized carbons (Fsp3) is 0.143. The molecular weight excluding hydrogens is 201 g/mol.